The van der Waals surface area contributed by atoms with Gasteiger partial charge < -0.3 is 15.8 Å². The molecular weight excluding hydrogens is 266 g/mol. The SMILES string of the molecule is CC1NC(=S)N(c2ccc(OCC(N)=O)cc2)C1=O. The van der Waals surface area contributed by atoms with Gasteiger partial charge in [0.25, 0.3) is 11.8 Å². The summed E-state index contributed by atoms with van der Waals surface area (Å²) in [6.07, 6.45) is 0. The Balaban J connectivity index is 2.12. The molecule has 0 spiro atoms. The molecule has 2 rings (SSSR count). The Bertz CT molecular complexity index is 530. The van der Waals surface area contributed by atoms with Crippen LogP contribution in [0.1, 0.15) is 6.92 Å². The van der Waals surface area contributed by atoms with Crippen molar-refractivity contribution in [2.45, 2.75) is 13.0 Å². The third-order valence-electron chi connectivity index (χ3n) is 2.61. The van der Waals surface area contributed by atoms with Crippen molar-refractivity contribution in [3.63, 3.8) is 0 Å². The van der Waals surface area contributed by atoms with Crippen LogP contribution in [0.2, 0.25) is 0 Å². The highest BCUT2D eigenvalue weighted by molar-refractivity contribution is 7.80. The second-order valence-corrected chi connectivity index (χ2v) is 4.48. The Morgan fingerprint density at radius 1 is 1.47 bits per heavy atom. The smallest absolute Gasteiger partial charge is 0.255 e. The first-order valence-electron chi connectivity index (χ1n) is 5.64. The normalized spacial score (nSPS) is 18.4. The van der Waals surface area contributed by atoms with Crippen LogP contribution in [0.25, 0.3) is 0 Å². The number of thiocarbonyl (C=S) groups is 1. The van der Waals surface area contributed by atoms with E-state index in [9.17, 15) is 9.59 Å². The predicted octanol–water partition coefficient (Wildman–Crippen LogP) is 0.160. The predicted molar refractivity (Wildman–Crippen MR) is 73.8 cm³/mol. The molecule has 1 unspecified atom stereocenters. The molecule has 100 valence electrons. The molecule has 0 aromatic heterocycles. The molecule has 7 heteroatoms. The van der Waals surface area contributed by atoms with Crippen LogP contribution in [0.3, 0.4) is 0 Å². The van der Waals surface area contributed by atoms with Crippen molar-refractivity contribution in [2.75, 3.05) is 11.5 Å². The van der Waals surface area contributed by atoms with E-state index in [1.54, 1.807) is 31.2 Å². The molecular formula is C12H13N3O3S. The van der Waals surface area contributed by atoms with Crippen molar-refractivity contribution < 1.29 is 14.3 Å². The quantitative estimate of drug-likeness (QED) is 0.767. The van der Waals surface area contributed by atoms with E-state index in [2.05, 4.69) is 5.32 Å². The van der Waals surface area contributed by atoms with Gasteiger partial charge in [0.05, 0.1) is 5.69 Å². The molecule has 1 aliphatic rings. The summed E-state index contributed by atoms with van der Waals surface area (Å²) in [6.45, 7) is 1.57. The summed E-state index contributed by atoms with van der Waals surface area (Å²) in [6, 6.07) is 6.37. The minimum atomic E-state index is -0.544. The van der Waals surface area contributed by atoms with Gasteiger partial charge in [-0.05, 0) is 43.4 Å². The number of ether oxygens (including phenoxy) is 1. The number of hydrogen-bond acceptors (Lipinski definition) is 4. The van der Waals surface area contributed by atoms with Crippen molar-refractivity contribution in [2.24, 2.45) is 5.73 Å². The highest BCUT2D eigenvalue weighted by Crippen LogP contribution is 2.22. The fourth-order valence-electron chi connectivity index (χ4n) is 1.70. The van der Waals surface area contributed by atoms with Gasteiger partial charge in [-0.25, -0.2) is 0 Å². The van der Waals surface area contributed by atoms with Crippen molar-refractivity contribution in [3.8, 4) is 5.75 Å². The average molecular weight is 279 g/mol. The number of anilines is 1. The highest BCUT2D eigenvalue weighted by Gasteiger charge is 2.33. The van der Waals surface area contributed by atoms with Gasteiger partial charge in [-0.2, -0.15) is 0 Å². The maximum Gasteiger partial charge on any atom is 0.255 e. The lowest BCUT2D eigenvalue weighted by Crippen LogP contribution is -2.30. The van der Waals surface area contributed by atoms with Gasteiger partial charge in [0.2, 0.25) is 0 Å². The highest BCUT2D eigenvalue weighted by atomic mass is 32.1. The zero-order valence-corrected chi connectivity index (χ0v) is 11.1. The third kappa shape index (κ3) is 2.82. The van der Waals surface area contributed by atoms with Gasteiger partial charge in [0.15, 0.2) is 11.7 Å². The number of primary amides is 1. The van der Waals surface area contributed by atoms with E-state index in [-0.39, 0.29) is 18.6 Å². The molecule has 1 atom stereocenters. The molecule has 19 heavy (non-hydrogen) atoms. The van der Waals surface area contributed by atoms with Gasteiger partial charge >= 0.3 is 0 Å². The molecule has 0 bridgehead atoms. The van der Waals surface area contributed by atoms with Crippen LogP contribution in [0.5, 0.6) is 5.75 Å². The first-order valence-corrected chi connectivity index (χ1v) is 6.05. The van der Waals surface area contributed by atoms with Crippen LogP contribution >= 0.6 is 12.2 Å². The van der Waals surface area contributed by atoms with Gasteiger partial charge in [0, 0.05) is 0 Å². The van der Waals surface area contributed by atoms with Gasteiger partial charge in [-0.1, -0.05) is 0 Å². The minimum absolute atomic E-state index is 0.101. The number of nitrogens with zero attached hydrogens (tertiary/aromatic N) is 1. The number of carbonyl (C=O) groups excluding carboxylic acids is 2. The van der Waals surface area contributed by atoms with Crippen LogP contribution in [-0.2, 0) is 9.59 Å². The topological polar surface area (TPSA) is 84.7 Å². The lowest BCUT2D eigenvalue weighted by Gasteiger charge is -2.15. The lowest BCUT2D eigenvalue weighted by molar-refractivity contribution is -0.120. The molecule has 3 N–H and O–H groups in total. The molecule has 1 saturated heterocycles. The lowest BCUT2D eigenvalue weighted by atomic mass is 10.2. The molecule has 1 fully saturated rings. The van der Waals surface area contributed by atoms with Crippen molar-refractivity contribution in [1.29, 1.82) is 0 Å². The molecule has 1 heterocycles. The van der Waals surface area contributed by atoms with E-state index in [1.807, 2.05) is 0 Å². The Kier molecular flexibility index (Phi) is 3.66. The Hall–Kier alpha value is -2.15. The average Bonchev–Trinajstić information content (AvgIpc) is 2.62. The Labute approximate surface area is 115 Å². The second-order valence-electron chi connectivity index (χ2n) is 4.09. The van der Waals surface area contributed by atoms with E-state index in [1.165, 1.54) is 4.90 Å². The van der Waals surface area contributed by atoms with E-state index in [4.69, 9.17) is 22.7 Å². The van der Waals surface area contributed by atoms with Crippen LogP contribution < -0.4 is 20.7 Å². The first-order chi connectivity index (χ1) is 8.99. The fourth-order valence-corrected chi connectivity index (χ4v) is 2.07. The summed E-state index contributed by atoms with van der Waals surface area (Å²) in [5.74, 6) is -0.144. The number of carbonyl (C=O) groups is 2. The van der Waals surface area contributed by atoms with Gasteiger partial charge in [0.1, 0.15) is 11.8 Å². The van der Waals surface area contributed by atoms with Crippen LogP contribution in [0.15, 0.2) is 24.3 Å². The van der Waals surface area contributed by atoms with Gasteiger partial charge in [-0.15, -0.1) is 0 Å². The minimum Gasteiger partial charge on any atom is -0.484 e. The van der Waals surface area contributed by atoms with Gasteiger partial charge in [-0.3, -0.25) is 14.5 Å². The number of benzene rings is 1. The molecule has 6 nitrogen and oxygen atoms in total. The number of amides is 2. The maximum absolute atomic E-state index is 11.9. The van der Waals surface area contributed by atoms with Crippen molar-refractivity contribution >= 4 is 34.8 Å². The molecule has 1 aromatic carbocycles. The summed E-state index contributed by atoms with van der Waals surface area (Å²) in [5, 5.41) is 3.26. The summed E-state index contributed by atoms with van der Waals surface area (Å²) < 4.78 is 5.13. The second kappa shape index (κ2) is 5.23. The first kappa shape index (κ1) is 13.3. The van der Waals surface area contributed by atoms with E-state index in [0.717, 1.165) is 0 Å². The summed E-state index contributed by atoms with van der Waals surface area (Å²) in [7, 11) is 0. The standard InChI is InChI=1S/C12H13N3O3S/c1-7-11(17)15(12(19)14-7)8-2-4-9(5-3-8)18-6-10(13)16/h2-5,7H,6H2,1H3,(H2,13,16)(H,14,19). The summed E-state index contributed by atoms with van der Waals surface area (Å²) >= 11 is 5.10. The number of nitrogens with one attached hydrogen (secondary N) is 1. The van der Waals surface area contributed by atoms with Crippen molar-refractivity contribution in [1.82, 2.24) is 5.32 Å². The number of hydrogen-bond donors (Lipinski definition) is 2. The molecule has 1 aliphatic heterocycles. The monoisotopic (exact) mass is 279 g/mol. The molecule has 0 saturated carbocycles. The molecule has 0 radical (unpaired) electrons. The third-order valence-corrected chi connectivity index (χ3v) is 2.91. The zero-order chi connectivity index (χ0) is 14.0. The summed E-state index contributed by atoms with van der Waals surface area (Å²) in [4.78, 5) is 23.9. The van der Waals surface area contributed by atoms with E-state index in [0.29, 0.717) is 16.5 Å². The largest absolute Gasteiger partial charge is 0.484 e. The Morgan fingerprint density at radius 2 is 2.11 bits per heavy atom. The van der Waals surface area contributed by atoms with Crippen molar-refractivity contribution in [3.05, 3.63) is 24.3 Å². The maximum atomic E-state index is 11.9. The van der Waals surface area contributed by atoms with E-state index >= 15 is 0 Å². The Morgan fingerprint density at radius 3 is 2.58 bits per heavy atom. The summed E-state index contributed by atoms with van der Waals surface area (Å²) in [5.41, 5.74) is 5.63. The zero-order valence-electron chi connectivity index (χ0n) is 10.3. The van der Waals surface area contributed by atoms with Crippen LogP contribution in [0, 0.1) is 0 Å². The molecule has 2 amide bonds. The molecule has 0 aliphatic carbocycles. The molecule has 1 aromatic rings. The van der Waals surface area contributed by atoms with Crippen LogP contribution in [0.4, 0.5) is 5.69 Å². The fraction of sp³-hybridized carbons (Fsp3) is 0.250. The van der Waals surface area contributed by atoms with E-state index < -0.39 is 5.91 Å². The van der Waals surface area contributed by atoms with Crippen LogP contribution in [-0.4, -0.2) is 29.6 Å². The number of nitrogens with two attached hydrogens (primary N) is 1. The number of rotatable bonds is 4.